The lowest BCUT2D eigenvalue weighted by molar-refractivity contribution is 0.669. The molecule has 7 aromatic rings. The summed E-state index contributed by atoms with van der Waals surface area (Å²) in [6.45, 7) is 0. The fourth-order valence-electron chi connectivity index (χ4n) is 6.51. The van der Waals surface area contributed by atoms with Gasteiger partial charge in [-0.15, -0.1) is 11.8 Å². The smallest absolute Gasteiger partial charge is 0.164 e. The highest BCUT2D eigenvalue weighted by Crippen LogP contribution is 2.52. The molecule has 0 fully saturated rings. The first-order chi connectivity index (χ1) is 21.8. The molecule has 2 aromatic heterocycles. The van der Waals surface area contributed by atoms with Crippen molar-refractivity contribution in [1.82, 2.24) is 15.0 Å². The van der Waals surface area contributed by atoms with Crippen LogP contribution in [0.4, 0.5) is 0 Å². The lowest BCUT2D eigenvalue weighted by Gasteiger charge is -2.23. The third-order valence-corrected chi connectivity index (χ3v) is 9.84. The molecule has 2 aliphatic rings. The molecule has 5 aromatic carbocycles. The minimum Gasteiger partial charge on any atom is -0.456 e. The summed E-state index contributed by atoms with van der Waals surface area (Å²) in [5.74, 6) is 2.24. The highest BCUT2D eigenvalue weighted by Gasteiger charge is 2.37. The number of hydrogen-bond acceptors (Lipinski definition) is 5. The first kappa shape index (κ1) is 25.3. The van der Waals surface area contributed by atoms with E-state index in [-0.39, 0.29) is 5.92 Å². The number of para-hydroxylation sites is 1. The highest BCUT2D eigenvalue weighted by atomic mass is 32.2. The molecule has 0 radical (unpaired) electrons. The Kier molecular flexibility index (Phi) is 5.84. The van der Waals surface area contributed by atoms with E-state index in [9.17, 15) is 0 Å². The molecule has 0 bridgehead atoms. The number of rotatable bonds is 4. The monoisotopic (exact) mass is 583 g/mol. The van der Waals surface area contributed by atoms with E-state index in [1.54, 1.807) is 0 Å². The van der Waals surface area contributed by atoms with Gasteiger partial charge in [-0.25, -0.2) is 15.0 Å². The largest absolute Gasteiger partial charge is 0.456 e. The third-order valence-electron chi connectivity index (χ3n) is 8.52. The van der Waals surface area contributed by atoms with Gasteiger partial charge in [-0.1, -0.05) is 115 Å². The van der Waals surface area contributed by atoms with Crippen LogP contribution in [-0.4, -0.2) is 20.2 Å². The average molecular weight is 584 g/mol. The third kappa shape index (κ3) is 4.12. The summed E-state index contributed by atoms with van der Waals surface area (Å²) >= 11 is 1.92. The van der Waals surface area contributed by atoms with Crippen molar-refractivity contribution >= 4 is 39.3 Å². The first-order valence-electron chi connectivity index (χ1n) is 14.8. The standard InChI is InChI=1S/C39H25N3OS/c1-2-11-24(12-3-1)37-40-38(42-39(41-37)30-18-10-22-34-36(30)29-16-5-7-21-33(29)44-34)26-14-8-13-25(23-26)27-17-9-20-32-35(27)28-15-4-6-19-31(28)43-32/h1-23,34,36H. The predicted molar refractivity (Wildman–Crippen MR) is 179 cm³/mol. The Morgan fingerprint density at radius 2 is 1.30 bits per heavy atom. The van der Waals surface area contributed by atoms with Gasteiger partial charge in [-0.05, 0) is 41.0 Å². The number of fused-ring (bicyclic) bond motifs is 6. The average Bonchev–Trinajstić information content (AvgIpc) is 3.67. The Hall–Kier alpha value is -5.26. The molecule has 208 valence electrons. The van der Waals surface area contributed by atoms with Crippen molar-refractivity contribution in [2.75, 3.05) is 0 Å². The van der Waals surface area contributed by atoms with Crippen molar-refractivity contribution in [3.8, 4) is 33.9 Å². The van der Waals surface area contributed by atoms with Crippen LogP contribution in [0.3, 0.4) is 0 Å². The van der Waals surface area contributed by atoms with Crippen LogP contribution in [0.1, 0.15) is 17.3 Å². The Morgan fingerprint density at radius 3 is 2.23 bits per heavy atom. The lowest BCUT2D eigenvalue weighted by atomic mass is 9.84. The number of thioether (sulfide) groups is 1. The number of furan rings is 1. The molecule has 2 atom stereocenters. The van der Waals surface area contributed by atoms with E-state index < -0.39 is 0 Å². The second-order valence-electron chi connectivity index (χ2n) is 11.1. The van der Waals surface area contributed by atoms with Crippen molar-refractivity contribution in [1.29, 1.82) is 0 Å². The second kappa shape index (κ2) is 10.2. The molecule has 2 unspecified atom stereocenters. The zero-order chi connectivity index (χ0) is 29.0. The van der Waals surface area contributed by atoms with Gasteiger partial charge < -0.3 is 4.42 Å². The Balaban J connectivity index is 1.21. The van der Waals surface area contributed by atoms with Crippen molar-refractivity contribution in [2.45, 2.75) is 16.1 Å². The molecule has 1 aliphatic carbocycles. The van der Waals surface area contributed by atoms with Gasteiger partial charge in [-0.3, -0.25) is 0 Å². The van der Waals surface area contributed by atoms with Crippen molar-refractivity contribution in [2.24, 2.45) is 0 Å². The number of allylic oxidation sites excluding steroid dienone is 3. The number of aromatic nitrogens is 3. The molecule has 0 amide bonds. The van der Waals surface area contributed by atoms with Crippen molar-refractivity contribution in [3.05, 3.63) is 151 Å². The molecule has 0 N–H and O–H groups in total. The number of benzene rings is 5. The van der Waals surface area contributed by atoms with Crippen LogP contribution < -0.4 is 0 Å². The number of hydrogen-bond donors (Lipinski definition) is 0. The summed E-state index contributed by atoms with van der Waals surface area (Å²) in [4.78, 5) is 16.6. The van der Waals surface area contributed by atoms with E-state index in [0.717, 1.165) is 55.6 Å². The van der Waals surface area contributed by atoms with Gasteiger partial charge in [0.25, 0.3) is 0 Å². The first-order valence-corrected chi connectivity index (χ1v) is 15.6. The molecule has 9 rings (SSSR count). The van der Waals surface area contributed by atoms with E-state index in [4.69, 9.17) is 19.4 Å². The van der Waals surface area contributed by atoms with E-state index in [0.29, 0.717) is 16.9 Å². The molecule has 0 saturated heterocycles. The molecular weight excluding hydrogens is 559 g/mol. The molecule has 44 heavy (non-hydrogen) atoms. The second-order valence-corrected chi connectivity index (χ2v) is 12.4. The predicted octanol–water partition coefficient (Wildman–Crippen LogP) is 9.98. The zero-order valence-electron chi connectivity index (χ0n) is 23.6. The van der Waals surface area contributed by atoms with Gasteiger partial charge in [0.1, 0.15) is 11.2 Å². The van der Waals surface area contributed by atoms with Crippen LogP contribution in [-0.2, 0) is 0 Å². The maximum atomic E-state index is 6.19. The van der Waals surface area contributed by atoms with Crippen LogP contribution in [0, 0.1) is 0 Å². The van der Waals surface area contributed by atoms with Gasteiger partial charge in [-0.2, -0.15) is 0 Å². The van der Waals surface area contributed by atoms with Crippen LogP contribution in [0.15, 0.2) is 149 Å². The molecular formula is C39H25N3OS. The van der Waals surface area contributed by atoms with E-state index >= 15 is 0 Å². The minimum atomic E-state index is 0.193. The van der Waals surface area contributed by atoms with Gasteiger partial charge in [0.2, 0.25) is 0 Å². The molecule has 0 saturated carbocycles. The molecule has 1 aliphatic heterocycles. The zero-order valence-corrected chi connectivity index (χ0v) is 24.4. The summed E-state index contributed by atoms with van der Waals surface area (Å²) in [6, 6.07) is 41.8. The van der Waals surface area contributed by atoms with Gasteiger partial charge in [0, 0.05) is 43.5 Å². The quantitative estimate of drug-likeness (QED) is 0.206. The summed E-state index contributed by atoms with van der Waals surface area (Å²) in [6.07, 6.45) is 6.62. The van der Waals surface area contributed by atoms with Crippen LogP contribution >= 0.6 is 11.8 Å². The minimum absolute atomic E-state index is 0.193. The van der Waals surface area contributed by atoms with E-state index in [1.165, 1.54) is 10.5 Å². The fourth-order valence-corrected chi connectivity index (χ4v) is 7.89. The topological polar surface area (TPSA) is 51.8 Å². The Morgan fingerprint density at radius 1 is 0.591 bits per heavy atom. The van der Waals surface area contributed by atoms with E-state index in [1.807, 2.05) is 48.2 Å². The van der Waals surface area contributed by atoms with Crippen LogP contribution in [0.2, 0.25) is 0 Å². The highest BCUT2D eigenvalue weighted by molar-refractivity contribution is 8.00. The lowest BCUT2D eigenvalue weighted by Crippen LogP contribution is -2.15. The van der Waals surface area contributed by atoms with E-state index in [2.05, 4.69) is 103 Å². The molecule has 4 nitrogen and oxygen atoms in total. The maximum absolute atomic E-state index is 6.19. The summed E-state index contributed by atoms with van der Waals surface area (Å²) in [5.41, 5.74) is 8.35. The van der Waals surface area contributed by atoms with Crippen LogP contribution in [0.5, 0.6) is 0 Å². The summed E-state index contributed by atoms with van der Waals surface area (Å²) in [7, 11) is 0. The molecule has 5 heteroatoms. The molecule has 0 spiro atoms. The van der Waals surface area contributed by atoms with Crippen molar-refractivity contribution in [3.63, 3.8) is 0 Å². The maximum Gasteiger partial charge on any atom is 0.164 e. The SMILES string of the molecule is C1=CC2Sc3ccccc3C2C(c2nc(-c3ccccc3)nc(-c3cccc(-c4cccc5oc6ccccc6c45)c3)n2)=C1. The van der Waals surface area contributed by atoms with Gasteiger partial charge in [0.05, 0.1) is 0 Å². The van der Waals surface area contributed by atoms with Crippen molar-refractivity contribution < 1.29 is 4.42 Å². The summed E-state index contributed by atoms with van der Waals surface area (Å²) in [5, 5.41) is 2.55. The molecule has 3 heterocycles. The Labute approximate surface area is 258 Å². The van der Waals surface area contributed by atoms with Crippen LogP contribution in [0.25, 0.3) is 61.4 Å². The normalized spacial score (nSPS) is 17.0. The number of nitrogens with zero attached hydrogens (tertiary/aromatic N) is 3. The van der Waals surface area contributed by atoms with Gasteiger partial charge >= 0.3 is 0 Å². The fraction of sp³-hybridized carbons (Fsp3) is 0.0513. The Bertz CT molecular complexity index is 2290. The van der Waals surface area contributed by atoms with Gasteiger partial charge in [0.15, 0.2) is 17.5 Å². The summed E-state index contributed by atoms with van der Waals surface area (Å²) < 4.78 is 6.19.